The molecule has 0 unspecified atom stereocenters. The summed E-state index contributed by atoms with van der Waals surface area (Å²) in [6, 6.07) is 11.2. The molecule has 0 radical (unpaired) electrons. The van der Waals surface area contributed by atoms with Crippen molar-refractivity contribution >= 4 is 29.0 Å². The molecular formula is C20H17N3O5. The predicted octanol–water partition coefficient (Wildman–Crippen LogP) is 3.56. The molecule has 0 spiro atoms. The number of azo groups is 1. The fraction of sp³-hybridized carbons (Fsp3) is 0.150. The number of amides is 1. The number of Topliss-reactive ketones (excluding diaryl/α,β-unsaturated/α-hetero) is 1. The van der Waals surface area contributed by atoms with E-state index in [0.717, 1.165) is 11.3 Å². The summed E-state index contributed by atoms with van der Waals surface area (Å²) in [5.74, 6) is -2.07. The maximum Gasteiger partial charge on any atom is 0.337 e. The van der Waals surface area contributed by atoms with Crippen molar-refractivity contribution in [1.29, 1.82) is 0 Å². The number of carboxylic acids is 1. The Bertz CT molecular complexity index is 1040. The number of allylic oxidation sites excluding steroid dienone is 2. The SMILES string of the molecule is CC(=O)C(N=Nc1ccccc1C(=O)O)=C(O)Cc1ccc2c(c1)CC(=O)N2. The first kappa shape index (κ1) is 19.0. The van der Waals surface area contributed by atoms with Gasteiger partial charge < -0.3 is 15.5 Å². The Labute approximate surface area is 160 Å². The maximum absolute atomic E-state index is 11.9. The molecule has 8 heteroatoms. The monoisotopic (exact) mass is 379 g/mol. The molecule has 1 aliphatic rings. The molecule has 0 saturated carbocycles. The van der Waals surface area contributed by atoms with Gasteiger partial charge in [-0.3, -0.25) is 9.59 Å². The summed E-state index contributed by atoms with van der Waals surface area (Å²) in [5.41, 5.74) is 2.00. The Morgan fingerprint density at radius 3 is 2.61 bits per heavy atom. The van der Waals surface area contributed by atoms with Gasteiger partial charge in [-0.2, -0.15) is 0 Å². The molecule has 2 aromatic rings. The highest BCUT2D eigenvalue weighted by Gasteiger charge is 2.19. The van der Waals surface area contributed by atoms with Gasteiger partial charge in [0.25, 0.3) is 0 Å². The normalized spacial score (nSPS) is 13.8. The number of rotatable bonds is 6. The van der Waals surface area contributed by atoms with Gasteiger partial charge in [-0.05, 0) is 29.3 Å². The minimum absolute atomic E-state index is 0.0238. The van der Waals surface area contributed by atoms with Crippen LogP contribution in [0.5, 0.6) is 0 Å². The van der Waals surface area contributed by atoms with E-state index in [9.17, 15) is 24.6 Å². The average molecular weight is 379 g/mol. The van der Waals surface area contributed by atoms with Gasteiger partial charge >= 0.3 is 5.97 Å². The minimum atomic E-state index is -1.17. The van der Waals surface area contributed by atoms with Crippen LogP contribution in [0.3, 0.4) is 0 Å². The molecule has 3 N–H and O–H groups in total. The molecule has 0 fully saturated rings. The molecule has 1 amide bonds. The number of aromatic carboxylic acids is 1. The zero-order valence-electron chi connectivity index (χ0n) is 15.0. The van der Waals surface area contributed by atoms with Crippen molar-refractivity contribution in [3.63, 3.8) is 0 Å². The van der Waals surface area contributed by atoms with Gasteiger partial charge in [-0.25, -0.2) is 4.79 Å². The second kappa shape index (κ2) is 7.83. The number of carboxylic acid groups (broad SMARTS) is 1. The molecule has 3 rings (SSSR count). The summed E-state index contributed by atoms with van der Waals surface area (Å²) < 4.78 is 0. The Hall–Kier alpha value is -3.81. The van der Waals surface area contributed by atoms with Crippen molar-refractivity contribution in [1.82, 2.24) is 0 Å². The quantitative estimate of drug-likeness (QED) is 0.401. The van der Waals surface area contributed by atoms with Gasteiger partial charge in [0.2, 0.25) is 5.91 Å². The van der Waals surface area contributed by atoms with E-state index in [0.29, 0.717) is 5.56 Å². The van der Waals surface area contributed by atoms with Gasteiger partial charge in [-0.1, -0.05) is 24.3 Å². The maximum atomic E-state index is 11.9. The molecule has 2 aromatic carbocycles. The fourth-order valence-corrected chi connectivity index (χ4v) is 2.85. The van der Waals surface area contributed by atoms with Crippen LogP contribution in [-0.2, 0) is 22.4 Å². The number of fused-ring (bicyclic) bond motifs is 1. The van der Waals surface area contributed by atoms with Crippen molar-refractivity contribution in [2.75, 3.05) is 5.32 Å². The number of anilines is 1. The molecule has 0 bridgehead atoms. The lowest BCUT2D eigenvalue weighted by molar-refractivity contribution is -0.115. The number of benzene rings is 2. The van der Waals surface area contributed by atoms with E-state index in [4.69, 9.17) is 0 Å². The van der Waals surface area contributed by atoms with E-state index in [1.807, 2.05) is 0 Å². The van der Waals surface area contributed by atoms with Crippen molar-refractivity contribution < 1.29 is 24.6 Å². The van der Waals surface area contributed by atoms with Gasteiger partial charge in [0.1, 0.15) is 11.4 Å². The second-order valence-electron chi connectivity index (χ2n) is 6.27. The number of nitrogens with one attached hydrogen (secondary N) is 1. The Kier molecular flexibility index (Phi) is 5.30. The first-order chi connectivity index (χ1) is 13.3. The molecular weight excluding hydrogens is 362 g/mol. The number of aliphatic hydroxyl groups excluding tert-OH is 1. The van der Waals surface area contributed by atoms with Gasteiger partial charge in [0.15, 0.2) is 11.5 Å². The largest absolute Gasteiger partial charge is 0.509 e. The minimum Gasteiger partial charge on any atom is -0.509 e. The predicted molar refractivity (Wildman–Crippen MR) is 101 cm³/mol. The third-order valence-electron chi connectivity index (χ3n) is 4.17. The highest BCUT2D eigenvalue weighted by Crippen LogP contribution is 2.26. The van der Waals surface area contributed by atoms with E-state index in [1.165, 1.54) is 19.1 Å². The lowest BCUT2D eigenvalue weighted by atomic mass is 10.0. The van der Waals surface area contributed by atoms with Gasteiger partial charge in [-0.15, -0.1) is 10.2 Å². The number of hydrogen-bond donors (Lipinski definition) is 3. The Balaban J connectivity index is 1.88. The van der Waals surface area contributed by atoms with Crippen LogP contribution in [0.4, 0.5) is 11.4 Å². The lowest BCUT2D eigenvalue weighted by Gasteiger charge is -2.06. The Morgan fingerprint density at radius 2 is 1.89 bits per heavy atom. The second-order valence-corrected chi connectivity index (χ2v) is 6.27. The number of aliphatic hydroxyl groups is 1. The topological polar surface area (TPSA) is 128 Å². The van der Waals surface area contributed by atoms with Crippen LogP contribution >= 0.6 is 0 Å². The molecule has 0 aliphatic carbocycles. The van der Waals surface area contributed by atoms with Crippen molar-refractivity contribution in [2.45, 2.75) is 19.8 Å². The van der Waals surface area contributed by atoms with Crippen LogP contribution in [0, 0.1) is 0 Å². The Morgan fingerprint density at radius 1 is 1.14 bits per heavy atom. The van der Waals surface area contributed by atoms with E-state index in [1.54, 1.807) is 30.3 Å². The fourth-order valence-electron chi connectivity index (χ4n) is 2.85. The van der Waals surface area contributed by atoms with Crippen LogP contribution in [-0.4, -0.2) is 27.9 Å². The van der Waals surface area contributed by atoms with Crippen molar-refractivity contribution in [3.05, 3.63) is 70.6 Å². The van der Waals surface area contributed by atoms with Gasteiger partial charge in [0, 0.05) is 19.0 Å². The van der Waals surface area contributed by atoms with E-state index in [2.05, 4.69) is 15.5 Å². The first-order valence-electron chi connectivity index (χ1n) is 8.44. The summed E-state index contributed by atoms with van der Waals surface area (Å²) in [6.07, 6.45) is 0.287. The standard InChI is InChI=1S/C20H17N3O5/c1-11(24)19(23-22-16-5-3-2-4-14(16)20(27)28)17(25)9-12-6-7-15-13(8-12)10-18(26)21-15/h2-8,25H,9-10H2,1H3,(H,21,26)(H,27,28). The van der Waals surface area contributed by atoms with Crippen molar-refractivity contribution in [2.24, 2.45) is 10.2 Å². The van der Waals surface area contributed by atoms with Crippen LogP contribution < -0.4 is 5.32 Å². The first-order valence-corrected chi connectivity index (χ1v) is 8.44. The zero-order chi connectivity index (χ0) is 20.3. The smallest absolute Gasteiger partial charge is 0.337 e. The highest BCUT2D eigenvalue weighted by molar-refractivity contribution is 5.99. The van der Waals surface area contributed by atoms with E-state index in [-0.39, 0.29) is 41.5 Å². The lowest BCUT2D eigenvalue weighted by Crippen LogP contribution is -2.03. The number of ketones is 1. The summed E-state index contributed by atoms with van der Waals surface area (Å²) in [4.78, 5) is 34.6. The third kappa shape index (κ3) is 4.12. The summed E-state index contributed by atoms with van der Waals surface area (Å²) in [7, 11) is 0. The average Bonchev–Trinajstić information content (AvgIpc) is 3.01. The number of hydrogen-bond acceptors (Lipinski definition) is 6. The molecule has 142 valence electrons. The summed E-state index contributed by atoms with van der Waals surface area (Å²) in [5, 5.41) is 29.9. The van der Waals surface area contributed by atoms with E-state index >= 15 is 0 Å². The molecule has 1 aliphatic heterocycles. The third-order valence-corrected chi connectivity index (χ3v) is 4.17. The summed E-state index contributed by atoms with van der Waals surface area (Å²) in [6.45, 7) is 1.24. The molecule has 8 nitrogen and oxygen atoms in total. The van der Waals surface area contributed by atoms with Crippen LogP contribution in [0.15, 0.2) is 64.1 Å². The molecule has 0 saturated heterocycles. The summed E-state index contributed by atoms with van der Waals surface area (Å²) >= 11 is 0. The molecule has 1 heterocycles. The van der Waals surface area contributed by atoms with Crippen LogP contribution in [0.2, 0.25) is 0 Å². The molecule has 28 heavy (non-hydrogen) atoms. The number of carbonyl (C=O) groups excluding carboxylic acids is 2. The highest BCUT2D eigenvalue weighted by atomic mass is 16.4. The van der Waals surface area contributed by atoms with E-state index < -0.39 is 11.8 Å². The van der Waals surface area contributed by atoms with Gasteiger partial charge in [0.05, 0.1) is 12.0 Å². The van der Waals surface area contributed by atoms with Crippen LogP contribution in [0.1, 0.15) is 28.4 Å². The molecule has 0 aromatic heterocycles. The van der Waals surface area contributed by atoms with Crippen molar-refractivity contribution in [3.8, 4) is 0 Å². The molecule has 0 atom stereocenters. The number of carbonyl (C=O) groups is 3. The number of nitrogens with zero attached hydrogens (tertiary/aromatic N) is 2. The van der Waals surface area contributed by atoms with Crippen LogP contribution in [0.25, 0.3) is 0 Å². The zero-order valence-corrected chi connectivity index (χ0v) is 15.0.